The Hall–Kier alpha value is -1.19. The van der Waals surface area contributed by atoms with E-state index in [1.54, 1.807) is 0 Å². The second-order valence-electron chi connectivity index (χ2n) is 3.51. The topological polar surface area (TPSA) is 52.3 Å². The van der Waals surface area contributed by atoms with Gasteiger partial charge in [0.2, 0.25) is 0 Å². The van der Waals surface area contributed by atoms with E-state index >= 15 is 0 Å². The van der Waals surface area contributed by atoms with Gasteiger partial charge in [0.15, 0.2) is 5.78 Å². The summed E-state index contributed by atoms with van der Waals surface area (Å²) in [6.07, 6.45) is 0. The van der Waals surface area contributed by atoms with Crippen molar-refractivity contribution in [3.05, 3.63) is 34.9 Å². The number of nitrogens with two attached hydrogens (primary N) is 1. The minimum absolute atomic E-state index is 0.0182. The van der Waals surface area contributed by atoms with Crippen LogP contribution in [0.2, 0.25) is 0 Å². The van der Waals surface area contributed by atoms with Gasteiger partial charge in [0.1, 0.15) is 6.61 Å². The van der Waals surface area contributed by atoms with Gasteiger partial charge in [0, 0.05) is 12.1 Å². The molecule has 0 bridgehead atoms. The molecule has 1 aromatic rings. The lowest BCUT2D eigenvalue weighted by Crippen LogP contribution is -2.15. The summed E-state index contributed by atoms with van der Waals surface area (Å²) in [5.41, 5.74) is 8.17. The number of rotatable bonds is 5. The number of aryl methyl sites for hydroxylation is 1. The van der Waals surface area contributed by atoms with E-state index in [0.29, 0.717) is 13.2 Å². The number of hydrogen-bond donors (Lipinski definition) is 1. The number of ether oxygens (including phenoxy) is 1. The molecule has 3 nitrogen and oxygen atoms in total. The Kier molecular flexibility index (Phi) is 4.46. The summed E-state index contributed by atoms with van der Waals surface area (Å²) in [4.78, 5) is 11.7. The van der Waals surface area contributed by atoms with Crippen molar-refractivity contribution in [1.29, 1.82) is 0 Å². The van der Waals surface area contributed by atoms with Crippen LogP contribution >= 0.6 is 0 Å². The van der Waals surface area contributed by atoms with Gasteiger partial charge in [-0.2, -0.15) is 0 Å². The molecule has 0 unspecified atom stereocenters. The van der Waals surface area contributed by atoms with Gasteiger partial charge >= 0.3 is 0 Å². The van der Waals surface area contributed by atoms with Gasteiger partial charge in [-0.15, -0.1) is 0 Å². The van der Waals surface area contributed by atoms with E-state index < -0.39 is 0 Å². The van der Waals surface area contributed by atoms with E-state index in [9.17, 15) is 4.79 Å². The van der Waals surface area contributed by atoms with Gasteiger partial charge in [-0.1, -0.05) is 18.2 Å². The van der Waals surface area contributed by atoms with Crippen LogP contribution in [0, 0.1) is 13.8 Å². The average Bonchev–Trinajstić information content (AvgIpc) is 2.22. The lowest BCUT2D eigenvalue weighted by atomic mass is 10.0. The van der Waals surface area contributed by atoms with Gasteiger partial charge in [-0.3, -0.25) is 4.79 Å². The molecule has 0 aliphatic rings. The minimum Gasteiger partial charge on any atom is -0.372 e. The Balaban J connectivity index is 2.69. The van der Waals surface area contributed by atoms with Crippen LogP contribution in [0.15, 0.2) is 18.2 Å². The fraction of sp³-hybridized carbons (Fsp3) is 0.417. The van der Waals surface area contributed by atoms with E-state index in [0.717, 1.165) is 16.7 Å². The molecule has 15 heavy (non-hydrogen) atoms. The summed E-state index contributed by atoms with van der Waals surface area (Å²) >= 11 is 0. The second-order valence-corrected chi connectivity index (χ2v) is 3.51. The molecule has 0 radical (unpaired) electrons. The normalized spacial score (nSPS) is 10.3. The highest BCUT2D eigenvalue weighted by Gasteiger charge is 2.09. The third kappa shape index (κ3) is 3.15. The summed E-state index contributed by atoms with van der Waals surface area (Å²) in [6.45, 7) is 4.93. The fourth-order valence-corrected chi connectivity index (χ4v) is 1.38. The number of hydrogen-bond acceptors (Lipinski definition) is 3. The molecule has 2 N–H and O–H groups in total. The molecule has 0 aliphatic heterocycles. The number of ketones is 1. The SMILES string of the molecule is Cc1cccc(C(=O)COCCN)c1C. The Morgan fingerprint density at radius 1 is 1.40 bits per heavy atom. The molecular formula is C12H17NO2. The van der Waals surface area contributed by atoms with Crippen molar-refractivity contribution in [3.8, 4) is 0 Å². The largest absolute Gasteiger partial charge is 0.372 e. The van der Waals surface area contributed by atoms with Crippen LogP contribution in [-0.2, 0) is 4.74 Å². The van der Waals surface area contributed by atoms with Gasteiger partial charge in [0.25, 0.3) is 0 Å². The molecule has 0 aliphatic carbocycles. The maximum absolute atomic E-state index is 11.7. The molecule has 0 heterocycles. The predicted octanol–water partition coefficient (Wildman–Crippen LogP) is 1.46. The van der Waals surface area contributed by atoms with Crippen LogP contribution in [0.25, 0.3) is 0 Å². The summed E-state index contributed by atoms with van der Waals surface area (Å²) in [5.74, 6) is 0.0182. The van der Waals surface area contributed by atoms with Crippen LogP contribution in [0.1, 0.15) is 21.5 Å². The van der Waals surface area contributed by atoms with Crippen LogP contribution in [0.3, 0.4) is 0 Å². The zero-order valence-electron chi connectivity index (χ0n) is 9.25. The average molecular weight is 207 g/mol. The van der Waals surface area contributed by atoms with Crippen molar-refractivity contribution >= 4 is 5.78 Å². The minimum atomic E-state index is 0.0182. The maximum Gasteiger partial charge on any atom is 0.188 e. The monoisotopic (exact) mass is 207 g/mol. The molecule has 1 rings (SSSR count). The summed E-state index contributed by atoms with van der Waals surface area (Å²) in [5, 5.41) is 0. The summed E-state index contributed by atoms with van der Waals surface area (Å²) < 4.78 is 5.12. The molecule has 82 valence electrons. The number of Topliss-reactive ketones (excluding diaryl/α,β-unsaturated/α-hetero) is 1. The maximum atomic E-state index is 11.7. The van der Waals surface area contributed by atoms with Gasteiger partial charge < -0.3 is 10.5 Å². The van der Waals surface area contributed by atoms with Gasteiger partial charge in [0.05, 0.1) is 6.61 Å². The highest BCUT2D eigenvalue weighted by atomic mass is 16.5. The first-order valence-electron chi connectivity index (χ1n) is 5.04. The number of benzene rings is 1. The third-order valence-corrected chi connectivity index (χ3v) is 2.40. The standard InChI is InChI=1S/C12H17NO2/c1-9-4-3-5-11(10(9)2)12(14)8-15-7-6-13/h3-5H,6-8,13H2,1-2H3. The Labute approximate surface area is 90.2 Å². The first-order valence-corrected chi connectivity index (χ1v) is 5.04. The Bertz CT molecular complexity index is 347. The first kappa shape index (κ1) is 11.9. The Morgan fingerprint density at radius 2 is 2.13 bits per heavy atom. The van der Waals surface area contributed by atoms with Crippen LogP contribution in [0.5, 0.6) is 0 Å². The summed E-state index contributed by atoms with van der Waals surface area (Å²) in [7, 11) is 0. The first-order chi connectivity index (χ1) is 7.16. The third-order valence-electron chi connectivity index (χ3n) is 2.40. The van der Waals surface area contributed by atoms with E-state index in [1.807, 2.05) is 32.0 Å². The molecule has 0 spiro atoms. The zero-order chi connectivity index (χ0) is 11.3. The molecule has 0 amide bonds. The Morgan fingerprint density at radius 3 is 2.80 bits per heavy atom. The lowest BCUT2D eigenvalue weighted by Gasteiger charge is -2.07. The highest BCUT2D eigenvalue weighted by molar-refractivity contribution is 5.98. The molecule has 0 fully saturated rings. The van der Waals surface area contributed by atoms with Crippen LogP contribution in [-0.4, -0.2) is 25.5 Å². The fourth-order valence-electron chi connectivity index (χ4n) is 1.38. The lowest BCUT2D eigenvalue weighted by molar-refractivity contribution is 0.0773. The van der Waals surface area contributed by atoms with Crippen molar-refractivity contribution in [2.45, 2.75) is 13.8 Å². The van der Waals surface area contributed by atoms with Gasteiger partial charge in [-0.25, -0.2) is 0 Å². The van der Waals surface area contributed by atoms with Crippen molar-refractivity contribution in [2.24, 2.45) is 5.73 Å². The van der Waals surface area contributed by atoms with E-state index in [4.69, 9.17) is 10.5 Å². The van der Waals surface area contributed by atoms with E-state index in [-0.39, 0.29) is 12.4 Å². The number of carbonyl (C=O) groups is 1. The molecule has 1 aromatic carbocycles. The molecule has 0 aromatic heterocycles. The van der Waals surface area contributed by atoms with Crippen LogP contribution < -0.4 is 5.73 Å². The van der Waals surface area contributed by atoms with E-state index in [2.05, 4.69) is 0 Å². The van der Waals surface area contributed by atoms with Crippen molar-refractivity contribution < 1.29 is 9.53 Å². The zero-order valence-corrected chi connectivity index (χ0v) is 9.25. The van der Waals surface area contributed by atoms with Crippen molar-refractivity contribution in [1.82, 2.24) is 0 Å². The molecule has 0 saturated carbocycles. The van der Waals surface area contributed by atoms with Gasteiger partial charge in [-0.05, 0) is 25.0 Å². The molecular weight excluding hydrogens is 190 g/mol. The second kappa shape index (κ2) is 5.63. The smallest absolute Gasteiger partial charge is 0.188 e. The molecule has 0 saturated heterocycles. The number of carbonyl (C=O) groups excluding carboxylic acids is 1. The predicted molar refractivity (Wildman–Crippen MR) is 60.1 cm³/mol. The highest BCUT2D eigenvalue weighted by Crippen LogP contribution is 2.13. The molecule has 3 heteroatoms. The van der Waals surface area contributed by atoms with Crippen molar-refractivity contribution in [2.75, 3.05) is 19.8 Å². The molecule has 0 atom stereocenters. The summed E-state index contributed by atoms with van der Waals surface area (Å²) in [6, 6.07) is 5.71. The van der Waals surface area contributed by atoms with Crippen LogP contribution in [0.4, 0.5) is 0 Å². The van der Waals surface area contributed by atoms with Crippen molar-refractivity contribution in [3.63, 3.8) is 0 Å². The van der Waals surface area contributed by atoms with E-state index in [1.165, 1.54) is 0 Å². The quantitative estimate of drug-likeness (QED) is 0.587.